The third-order valence-electron chi connectivity index (χ3n) is 3.19. The number of carbonyl (C=O) groups excluding carboxylic acids is 1. The number of halogens is 4. The van der Waals surface area contributed by atoms with Crippen LogP contribution >= 0.6 is 11.6 Å². The van der Waals surface area contributed by atoms with E-state index in [9.17, 15) is 26.4 Å². The molecule has 2 rings (SSSR count). The molecule has 0 fully saturated rings. The molecule has 0 radical (unpaired) electrons. The minimum Gasteiger partial charge on any atom is -0.295 e. The number of ketones is 1. The lowest BCUT2D eigenvalue weighted by atomic mass is 10.00. The monoisotopic (exact) mass is 353 g/mol. The van der Waals surface area contributed by atoms with Crippen molar-refractivity contribution in [3.63, 3.8) is 0 Å². The highest BCUT2D eigenvalue weighted by molar-refractivity contribution is 7.92. The number of nitrogens with zero attached hydrogens (tertiary/aromatic N) is 1. The molecular weight excluding hydrogens is 343 g/mol. The van der Waals surface area contributed by atoms with E-state index in [0.717, 1.165) is 16.6 Å². The summed E-state index contributed by atoms with van der Waals surface area (Å²) in [6.45, 7) is 0.947. The van der Waals surface area contributed by atoms with E-state index in [1.165, 1.54) is 13.0 Å². The normalized spacial score (nSPS) is 15.4. The molecule has 0 bridgehead atoms. The molecule has 1 heterocycles. The van der Waals surface area contributed by atoms with Gasteiger partial charge in [0.2, 0.25) is 10.0 Å². The van der Waals surface area contributed by atoms with Gasteiger partial charge in [-0.15, -0.1) is 0 Å². The van der Waals surface area contributed by atoms with E-state index in [-0.39, 0.29) is 29.2 Å². The van der Waals surface area contributed by atoms with Crippen molar-refractivity contribution in [3.05, 3.63) is 33.9 Å². The van der Waals surface area contributed by atoms with Crippen molar-refractivity contribution in [2.75, 3.05) is 17.1 Å². The first kappa shape index (κ1) is 16.8. The Bertz CT molecular complexity index is 784. The number of rotatable bonds is 2. The van der Waals surface area contributed by atoms with E-state index in [1.54, 1.807) is 0 Å². The molecule has 4 nitrogen and oxygen atoms in total. The van der Waals surface area contributed by atoms with Crippen LogP contribution in [-0.2, 0) is 21.0 Å². The van der Waals surface area contributed by atoms with Crippen LogP contribution in [0, 0.1) is 0 Å². The highest BCUT2D eigenvalue weighted by Gasteiger charge is 2.36. The molecule has 0 aliphatic carbocycles. The number of anilines is 1. The van der Waals surface area contributed by atoms with E-state index in [1.807, 2.05) is 0 Å². The number of carbonyl (C=O) groups is 1. The van der Waals surface area contributed by atoms with Gasteiger partial charge in [0.05, 0.1) is 29.1 Å². The average molecular weight is 354 g/mol. The van der Waals surface area contributed by atoms with Crippen LogP contribution in [0.1, 0.15) is 18.1 Å². The largest absolute Gasteiger partial charge is 0.417 e. The average Bonchev–Trinajstić information content (AvgIpc) is 2.33. The lowest BCUT2D eigenvalue weighted by Crippen LogP contribution is -2.35. The fourth-order valence-electron chi connectivity index (χ4n) is 2.11. The van der Waals surface area contributed by atoms with Crippen molar-refractivity contribution < 1.29 is 26.4 Å². The van der Waals surface area contributed by atoms with Crippen LogP contribution < -0.4 is 4.31 Å². The number of benzene rings is 1. The second-order valence-electron chi connectivity index (χ2n) is 4.88. The van der Waals surface area contributed by atoms with Crippen molar-refractivity contribution in [1.29, 1.82) is 0 Å². The second kappa shape index (κ2) is 5.27. The van der Waals surface area contributed by atoms with Crippen LogP contribution in [-0.4, -0.2) is 27.0 Å². The van der Waals surface area contributed by atoms with Gasteiger partial charge >= 0.3 is 6.18 Å². The summed E-state index contributed by atoms with van der Waals surface area (Å²) in [7, 11) is -3.85. The first-order chi connectivity index (χ1) is 9.91. The summed E-state index contributed by atoms with van der Waals surface area (Å²) < 4.78 is 63.2. The van der Waals surface area contributed by atoms with E-state index in [0.29, 0.717) is 6.07 Å². The summed E-state index contributed by atoms with van der Waals surface area (Å²) >= 11 is 5.63. The second-order valence-corrected chi connectivity index (χ2v) is 7.20. The van der Waals surface area contributed by atoms with E-state index in [2.05, 4.69) is 0 Å². The minimum atomic E-state index is -4.71. The molecule has 0 N–H and O–H groups in total. The van der Waals surface area contributed by atoms with Crippen LogP contribution in [0.5, 0.6) is 0 Å². The smallest absolute Gasteiger partial charge is 0.295 e. The third kappa shape index (κ3) is 3.12. The minimum absolute atomic E-state index is 0.149. The molecule has 1 aliphatic heterocycles. The SMILES string of the molecule is CC(=O)C1=Cc2cc(Cl)c(C(F)(F)F)cc2N(S(C)(=O)=O)C1. The van der Waals surface area contributed by atoms with Gasteiger partial charge in [0.25, 0.3) is 0 Å². The quantitative estimate of drug-likeness (QED) is 0.821. The van der Waals surface area contributed by atoms with E-state index in [4.69, 9.17) is 11.6 Å². The van der Waals surface area contributed by atoms with Crippen molar-refractivity contribution in [2.24, 2.45) is 0 Å². The Balaban J connectivity index is 2.75. The molecule has 0 atom stereocenters. The maximum atomic E-state index is 12.9. The molecule has 0 aromatic heterocycles. The molecule has 0 saturated heterocycles. The zero-order valence-electron chi connectivity index (χ0n) is 11.5. The number of alkyl halides is 3. The van der Waals surface area contributed by atoms with E-state index >= 15 is 0 Å². The molecule has 1 aliphatic rings. The lowest BCUT2D eigenvalue weighted by Gasteiger charge is -2.29. The van der Waals surface area contributed by atoms with Gasteiger partial charge in [-0.1, -0.05) is 11.6 Å². The van der Waals surface area contributed by atoms with E-state index < -0.39 is 26.8 Å². The topological polar surface area (TPSA) is 54.5 Å². The summed E-state index contributed by atoms with van der Waals surface area (Å²) in [6, 6.07) is 1.70. The molecule has 22 heavy (non-hydrogen) atoms. The Morgan fingerprint density at radius 2 is 1.91 bits per heavy atom. The zero-order chi connectivity index (χ0) is 16.9. The molecule has 0 saturated carbocycles. The summed E-state index contributed by atoms with van der Waals surface area (Å²) in [4.78, 5) is 11.5. The predicted octanol–water partition coefficient (Wildman–Crippen LogP) is 3.11. The fraction of sp³-hybridized carbons (Fsp3) is 0.308. The number of hydrogen-bond acceptors (Lipinski definition) is 3. The number of hydrogen-bond donors (Lipinski definition) is 0. The molecule has 0 unspecified atom stereocenters. The molecule has 0 amide bonds. The first-order valence-electron chi connectivity index (χ1n) is 6.01. The summed E-state index contributed by atoms with van der Waals surface area (Å²) in [6.07, 6.45) is -2.49. The number of Topliss-reactive ketones (excluding diaryl/α,β-unsaturated/α-hetero) is 1. The highest BCUT2D eigenvalue weighted by atomic mass is 35.5. The zero-order valence-corrected chi connectivity index (χ0v) is 13.1. The third-order valence-corrected chi connectivity index (χ3v) is 4.63. The molecule has 1 aromatic rings. The predicted molar refractivity (Wildman–Crippen MR) is 77.3 cm³/mol. The van der Waals surface area contributed by atoms with Crippen molar-refractivity contribution in [1.82, 2.24) is 0 Å². The van der Waals surface area contributed by atoms with Gasteiger partial charge in [0, 0.05) is 11.1 Å². The maximum Gasteiger partial charge on any atom is 0.417 e. The number of sulfonamides is 1. The van der Waals surface area contributed by atoms with Gasteiger partial charge in [-0.25, -0.2) is 8.42 Å². The molecular formula is C13H11ClF3NO3S. The molecule has 0 spiro atoms. The van der Waals surface area contributed by atoms with Crippen LogP contribution in [0.15, 0.2) is 17.7 Å². The molecule has 120 valence electrons. The highest BCUT2D eigenvalue weighted by Crippen LogP contribution is 2.41. The van der Waals surface area contributed by atoms with Gasteiger partial charge in [0.1, 0.15) is 0 Å². The Labute approximate surface area is 130 Å². The van der Waals surface area contributed by atoms with Crippen molar-refractivity contribution >= 4 is 39.2 Å². The van der Waals surface area contributed by atoms with Gasteiger partial charge in [-0.3, -0.25) is 9.10 Å². The Hall–Kier alpha value is -1.54. The van der Waals surface area contributed by atoms with Crippen LogP contribution in [0.2, 0.25) is 5.02 Å². The molecule has 9 heteroatoms. The standard InChI is InChI=1S/C13H11ClF3NO3S/c1-7(19)9-3-8-4-11(14)10(13(15,16)17)5-12(8)18(6-9)22(2,20)21/h3-5H,6H2,1-2H3. The maximum absolute atomic E-state index is 12.9. The first-order valence-corrected chi connectivity index (χ1v) is 8.24. The van der Waals surface area contributed by atoms with Gasteiger partial charge in [-0.05, 0) is 25.1 Å². The van der Waals surface area contributed by atoms with Crippen LogP contribution in [0.3, 0.4) is 0 Å². The lowest BCUT2D eigenvalue weighted by molar-refractivity contribution is -0.137. The van der Waals surface area contributed by atoms with Gasteiger partial charge in [-0.2, -0.15) is 13.2 Å². The van der Waals surface area contributed by atoms with Crippen molar-refractivity contribution in [2.45, 2.75) is 13.1 Å². The van der Waals surface area contributed by atoms with Crippen molar-refractivity contribution in [3.8, 4) is 0 Å². The molecule has 1 aromatic carbocycles. The Morgan fingerprint density at radius 3 is 2.36 bits per heavy atom. The summed E-state index contributed by atoms with van der Waals surface area (Å²) in [5.74, 6) is -0.365. The fourth-order valence-corrected chi connectivity index (χ4v) is 3.28. The Kier molecular flexibility index (Phi) is 4.03. The Morgan fingerprint density at radius 1 is 1.32 bits per heavy atom. The van der Waals surface area contributed by atoms with Gasteiger partial charge in [0.15, 0.2) is 5.78 Å². The van der Waals surface area contributed by atoms with Crippen LogP contribution in [0.4, 0.5) is 18.9 Å². The summed E-state index contributed by atoms with van der Waals surface area (Å²) in [5, 5.41) is -0.555. The number of fused-ring (bicyclic) bond motifs is 1. The van der Waals surface area contributed by atoms with Gasteiger partial charge < -0.3 is 0 Å². The van der Waals surface area contributed by atoms with Crippen LogP contribution in [0.25, 0.3) is 6.08 Å². The summed E-state index contributed by atoms with van der Waals surface area (Å²) in [5.41, 5.74) is -0.945.